The van der Waals surface area contributed by atoms with Crippen LogP contribution in [0.4, 0.5) is 0 Å². The second kappa shape index (κ2) is 3.81. The third kappa shape index (κ3) is 1.31. The van der Waals surface area contributed by atoms with Crippen molar-refractivity contribution in [1.29, 1.82) is 0 Å². The summed E-state index contributed by atoms with van der Waals surface area (Å²) in [5.41, 5.74) is 4.23. The Hall–Kier alpha value is -2.10. The van der Waals surface area contributed by atoms with Gasteiger partial charge in [-0.3, -0.25) is 20.4 Å². The van der Waals surface area contributed by atoms with Crippen molar-refractivity contribution in [2.45, 2.75) is 11.8 Å². The van der Waals surface area contributed by atoms with Gasteiger partial charge in [0.2, 0.25) is 0 Å². The number of rotatable bonds is 3. The second-order valence-corrected chi connectivity index (χ2v) is 3.67. The fourth-order valence-electron chi connectivity index (χ4n) is 1.93. The molecular weight excluding hydrogens is 204 g/mol. The van der Waals surface area contributed by atoms with E-state index < -0.39 is 5.41 Å². The summed E-state index contributed by atoms with van der Waals surface area (Å²) in [6, 6.07) is 9.00. The molecule has 2 N–H and O–H groups in total. The normalized spacial score (nSPS) is 17.8. The summed E-state index contributed by atoms with van der Waals surface area (Å²) < 4.78 is 0. The van der Waals surface area contributed by atoms with Crippen molar-refractivity contribution in [3.8, 4) is 0 Å². The molecule has 2 amide bonds. The zero-order valence-electron chi connectivity index (χ0n) is 8.69. The van der Waals surface area contributed by atoms with E-state index in [1.165, 1.54) is 0 Å². The Morgan fingerprint density at radius 3 is 2.19 bits per heavy atom. The molecule has 1 heterocycles. The molecule has 0 spiro atoms. The summed E-state index contributed by atoms with van der Waals surface area (Å²) in [5, 5.41) is 0. The third-order valence-electron chi connectivity index (χ3n) is 2.78. The van der Waals surface area contributed by atoms with Gasteiger partial charge >= 0.3 is 0 Å². The fraction of sp³-hybridized carbons (Fsp3) is 0.167. The Kier molecular flexibility index (Phi) is 2.48. The highest BCUT2D eigenvalue weighted by Crippen LogP contribution is 2.31. The zero-order valence-corrected chi connectivity index (χ0v) is 8.69. The lowest BCUT2D eigenvalue weighted by molar-refractivity contribution is -0.130. The van der Waals surface area contributed by atoms with Crippen molar-refractivity contribution in [3.05, 3.63) is 48.6 Å². The van der Waals surface area contributed by atoms with Crippen molar-refractivity contribution < 1.29 is 9.59 Å². The Morgan fingerprint density at radius 1 is 1.12 bits per heavy atom. The van der Waals surface area contributed by atoms with Crippen LogP contribution >= 0.6 is 0 Å². The van der Waals surface area contributed by atoms with Gasteiger partial charge in [0.15, 0.2) is 5.41 Å². The van der Waals surface area contributed by atoms with Crippen molar-refractivity contribution in [2.75, 3.05) is 0 Å². The molecule has 0 bridgehead atoms. The van der Waals surface area contributed by atoms with Crippen LogP contribution in [0, 0.1) is 0 Å². The highest BCUT2D eigenvalue weighted by Gasteiger charge is 2.50. The second-order valence-electron chi connectivity index (χ2n) is 3.67. The first-order chi connectivity index (χ1) is 7.71. The van der Waals surface area contributed by atoms with Gasteiger partial charge in [-0.05, 0) is 12.0 Å². The molecule has 1 aromatic carbocycles. The van der Waals surface area contributed by atoms with E-state index >= 15 is 0 Å². The number of nitrogens with one attached hydrogen (secondary N) is 2. The molecule has 0 atom stereocenters. The number of amides is 2. The lowest BCUT2D eigenvalue weighted by Crippen LogP contribution is -2.40. The van der Waals surface area contributed by atoms with E-state index in [4.69, 9.17) is 0 Å². The van der Waals surface area contributed by atoms with Crippen LogP contribution in [0.1, 0.15) is 12.0 Å². The highest BCUT2D eigenvalue weighted by atomic mass is 16.2. The molecule has 1 fully saturated rings. The number of hydrazine groups is 1. The van der Waals surface area contributed by atoms with Gasteiger partial charge in [-0.2, -0.15) is 0 Å². The Bertz CT molecular complexity index is 424. The van der Waals surface area contributed by atoms with Gasteiger partial charge < -0.3 is 0 Å². The summed E-state index contributed by atoms with van der Waals surface area (Å²) in [7, 11) is 0. The molecule has 4 nitrogen and oxygen atoms in total. The van der Waals surface area contributed by atoms with Crippen molar-refractivity contribution >= 4 is 11.8 Å². The first-order valence-corrected chi connectivity index (χ1v) is 4.99. The molecule has 0 aromatic heterocycles. The third-order valence-corrected chi connectivity index (χ3v) is 2.78. The molecule has 1 aliphatic heterocycles. The maximum atomic E-state index is 11.9. The average Bonchev–Trinajstić information content (AvgIpc) is 2.60. The number of benzene rings is 1. The Balaban J connectivity index is 2.55. The molecule has 2 rings (SSSR count). The van der Waals surface area contributed by atoms with Crippen LogP contribution in [0.3, 0.4) is 0 Å². The van der Waals surface area contributed by atoms with Crippen LogP contribution in [0.15, 0.2) is 43.0 Å². The summed E-state index contributed by atoms with van der Waals surface area (Å²) in [4.78, 5) is 23.7. The summed E-state index contributed by atoms with van der Waals surface area (Å²) in [6.45, 7) is 3.60. The molecule has 1 aromatic rings. The van der Waals surface area contributed by atoms with Crippen LogP contribution < -0.4 is 10.9 Å². The van der Waals surface area contributed by atoms with E-state index in [9.17, 15) is 9.59 Å². The highest BCUT2D eigenvalue weighted by molar-refractivity contribution is 6.15. The average molecular weight is 216 g/mol. The van der Waals surface area contributed by atoms with Crippen molar-refractivity contribution in [1.82, 2.24) is 10.9 Å². The van der Waals surface area contributed by atoms with Crippen LogP contribution in [-0.4, -0.2) is 11.8 Å². The van der Waals surface area contributed by atoms with Gasteiger partial charge in [0.05, 0.1) is 0 Å². The SMILES string of the molecule is C=CCC1(c2ccccc2)C(=O)NNC1=O. The number of hydrogen-bond acceptors (Lipinski definition) is 2. The Labute approximate surface area is 93.3 Å². The van der Waals surface area contributed by atoms with Gasteiger partial charge in [-0.1, -0.05) is 36.4 Å². The van der Waals surface area contributed by atoms with E-state index in [1.54, 1.807) is 30.3 Å². The van der Waals surface area contributed by atoms with Crippen LogP contribution in [0.25, 0.3) is 0 Å². The number of carbonyl (C=O) groups is 2. The minimum atomic E-state index is -1.16. The summed E-state index contributed by atoms with van der Waals surface area (Å²) in [5.74, 6) is -0.660. The number of hydrogen-bond donors (Lipinski definition) is 2. The molecule has 1 aliphatic rings. The number of allylic oxidation sites excluding steroid dienone is 1. The van der Waals surface area contributed by atoms with Gasteiger partial charge in [-0.15, -0.1) is 6.58 Å². The monoisotopic (exact) mass is 216 g/mol. The molecule has 0 unspecified atom stereocenters. The van der Waals surface area contributed by atoms with Crippen molar-refractivity contribution in [3.63, 3.8) is 0 Å². The van der Waals surface area contributed by atoms with Crippen LogP contribution in [-0.2, 0) is 15.0 Å². The molecule has 16 heavy (non-hydrogen) atoms. The predicted octanol–water partition coefficient (Wildman–Crippen LogP) is 0.661. The van der Waals surface area contributed by atoms with Gasteiger partial charge in [0, 0.05) is 0 Å². The Morgan fingerprint density at radius 2 is 1.69 bits per heavy atom. The van der Waals surface area contributed by atoms with Gasteiger partial charge in [0.25, 0.3) is 11.8 Å². The zero-order chi connectivity index (χ0) is 11.6. The largest absolute Gasteiger partial charge is 0.272 e. The molecule has 0 radical (unpaired) electrons. The van der Waals surface area contributed by atoms with Crippen molar-refractivity contribution in [2.24, 2.45) is 0 Å². The summed E-state index contributed by atoms with van der Waals surface area (Å²) in [6.07, 6.45) is 1.87. The maximum Gasteiger partial charge on any atom is 0.258 e. The molecule has 1 saturated heterocycles. The standard InChI is InChI=1S/C12H12N2O2/c1-2-8-12(9-6-4-3-5-7-9)10(15)13-14-11(12)16/h2-7H,1,8H2,(H,13,15)(H,14,16). The molecule has 0 saturated carbocycles. The molecule has 0 aliphatic carbocycles. The minimum Gasteiger partial charge on any atom is -0.272 e. The maximum absolute atomic E-state index is 11.9. The van der Waals surface area contributed by atoms with E-state index in [0.717, 1.165) is 0 Å². The van der Waals surface area contributed by atoms with Gasteiger partial charge in [0.1, 0.15) is 0 Å². The fourth-order valence-corrected chi connectivity index (χ4v) is 1.93. The van der Waals surface area contributed by atoms with Crippen LogP contribution in [0.2, 0.25) is 0 Å². The smallest absolute Gasteiger partial charge is 0.258 e. The topological polar surface area (TPSA) is 58.2 Å². The first-order valence-electron chi connectivity index (χ1n) is 4.99. The van der Waals surface area contributed by atoms with E-state index in [0.29, 0.717) is 5.56 Å². The predicted molar refractivity (Wildman–Crippen MR) is 59.2 cm³/mol. The van der Waals surface area contributed by atoms with Crippen LogP contribution in [0.5, 0.6) is 0 Å². The first kappa shape index (κ1) is 10.4. The molecule has 4 heteroatoms. The minimum absolute atomic E-state index is 0.286. The lowest BCUT2D eigenvalue weighted by atomic mass is 9.77. The van der Waals surface area contributed by atoms with E-state index in [2.05, 4.69) is 17.4 Å². The van der Waals surface area contributed by atoms with E-state index in [-0.39, 0.29) is 18.2 Å². The number of carbonyl (C=O) groups excluding carboxylic acids is 2. The van der Waals surface area contributed by atoms with E-state index in [1.807, 2.05) is 6.07 Å². The summed E-state index contributed by atoms with van der Waals surface area (Å²) >= 11 is 0. The lowest BCUT2D eigenvalue weighted by Gasteiger charge is -2.21. The molecular formula is C12H12N2O2. The molecule has 82 valence electrons. The quantitative estimate of drug-likeness (QED) is 0.576. The van der Waals surface area contributed by atoms with Gasteiger partial charge in [-0.25, -0.2) is 0 Å².